The van der Waals surface area contributed by atoms with E-state index in [2.05, 4.69) is 0 Å². The Morgan fingerprint density at radius 1 is 1.38 bits per heavy atom. The highest BCUT2D eigenvalue weighted by Crippen LogP contribution is 2.36. The van der Waals surface area contributed by atoms with Crippen LogP contribution in [0.4, 0.5) is 18.9 Å². The summed E-state index contributed by atoms with van der Waals surface area (Å²) in [5.74, 6) is 0.615. The van der Waals surface area contributed by atoms with Crippen molar-refractivity contribution < 1.29 is 22.8 Å². The number of nitrogens with zero attached hydrogens (tertiary/aromatic N) is 1. The molecule has 118 valence electrons. The van der Waals surface area contributed by atoms with Crippen molar-refractivity contribution >= 4 is 17.3 Å². The van der Waals surface area contributed by atoms with E-state index in [-0.39, 0.29) is 18.3 Å². The summed E-state index contributed by atoms with van der Waals surface area (Å²) < 4.78 is 42.8. The minimum Gasteiger partial charge on any atom is -0.487 e. The summed E-state index contributed by atoms with van der Waals surface area (Å²) in [5, 5.41) is 10.8. The maximum Gasteiger partial charge on any atom is 0.416 e. The van der Waals surface area contributed by atoms with Crippen LogP contribution in [0, 0.1) is 16.0 Å². The molecule has 21 heavy (non-hydrogen) atoms. The number of benzene rings is 1. The fourth-order valence-corrected chi connectivity index (χ4v) is 2.03. The van der Waals surface area contributed by atoms with Crippen LogP contribution >= 0.6 is 11.6 Å². The van der Waals surface area contributed by atoms with Gasteiger partial charge in [0, 0.05) is 11.9 Å². The first-order valence-electron chi connectivity index (χ1n) is 6.30. The summed E-state index contributed by atoms with van der Waals surface area (Å²) in [6.45, 7) is 2.14. The molecule has 0 heterocycles. The number of ether oxygens (including phenoxy) is 1. The molecule has 1 unspecified atom stereocenters. The van der Waals surface area contributed by atoms with E-state index in [0.29, 0.717) is 18.4 Å². The minimum absolute atomic E-state index is 0.161. The van der Waals surface area contributed by atoms with Gasteiger partial charge in [-0.2, -0.15) is 13.2 Å². The van der Waals surface area contributed by atoms with Gasteiger partial charge in [0.2, 0.25) is 0 Å². The Kier molecular flexibility index (Phi) is 6.26. The van der Waals surface area contributed by atoms with E-state index in [9.17, 15) is 23.3 Å². The first-order chi connectivity index (χ1) is 9.75. The second-order valence-corrected chi connectivity index (χ2v) is 5.04. The number of halogens is 4. The van der Waals surface area contributed by atoms with Gasteiger partial charge in [-0.05, 0) is 30.9 Å². The van der Waals surface area contributed by atoms with E-state index in [1.165, 1.54) is 0 Å². The zero-order chi connectivity index (χ0) is 16.0. The van der Waals surface area contributed by atoms with Gasteiger partial charge in [-0.1, -0.05) is 6.92 Å². The molecular formula is C13H15ClF3NO3. The maximum absolute atomic E-state index is 12.5. The van der Waals surface area contributed by atoms with Crippen molar-refractivity contribution in [1.82, 2.24) is 0 Å². The van der Waals surface area contributed by atoms with E-state index >= 15 is 0 Å². The molecule has 0 N–H and O–H groups in total. The molecular weight excluding hydrogens is 311 g/mol. The zero-order valence-electron chi connectivity index (χ0n) is 11.3. The van der Waals surface area contributed by atoms with Crippen LogP contribution in [0.5, 0.6) is 5.75 Å². The largest absolute Gasteiger partial charge is 0.487 e. The smallest absolute Gasteiger partial charge is 0.416 e. The topological polar surface area (TPSA) is 52.4 Å². The fraction of sp³-hybridized carbons (Fsp3) is 0.538. The molecule has 0 bridgehead atoms. The summed E-state index contributed by atoms with van der Waals surface area (Å²) in [6.07, 6.45) is -3.23. The standard InChI is InChI=1S/C13H15ClF3NO3/c1-9(4-6-14)5-7-21-12-3-2-10(13(15,16)17)8-11(12)18(19)20/h2-3,8-9H,4-7H2,1H3. The van der Waals surface area contributed by atoms with Crippen molar-refractivity contribution in [3.8, 4) is 5.75 Å². The number of nitro benzene ring substituents is 1. The highest BCUT2D eigenvalue weighted by Gasteiger charge is 2.33. The van der Waals surface area contributed by atoms with E-state index in [4.69, 9.17) is 16.3 Å². The second-order valence-electron chi connectivity index (χ2n) is 4.66. The average molecular weight is 326 g/mol. The van der Waals surface area contributed by atoms with Gasteiger partial charge in [-0.3, -0.25) is 10.1 Å². The molecule has 1 atom stereocenters. The van der Waals surface area contributed by atoms with Crippen molar-refractivity contribution in [3.05, 3.63) is 33.9 Å². The van der Waals surface area contributed by atoms with Crippen LogP contribution in [0.1, 0.15) is 25.3 Å². The summed E-state index contributed by atoms with van der Waals surface area (Å²) >= 11 is 5.58. The van der Waals surface area contributed by atoms with Gasteiger partial charge in [0.05, 0.1) is 17.1 Å². The Bertz CT molecular complexity index is 494. The third-order valence-electron chi connectivity index (χ3n) is 2.95. The summed E-state index contributed by atoms with van der Waals surface area (Å²) in [4.78, 5) is 9.96. The fourth-order valence-electron chi connectivity index (χ4n) is 1.66. The SMILES string of the molecule is CC(CCCl)CCOc1ccc(C(F)(F)F)cc1[N+](=O)[O-]. The van der Waals surface area contributed by atoms with E-state index in [0.717, 1.165) is 18.6 Å². The molecule has 4 nitrogen and oxygen atoms in total. The van der Waals surface area contributed by atoms with Gasteiger partial charge < -0.3 is 4.74 Å². The first kappa shape index (κ1) is 17.6. The van der Waals surface area contributed by atoms with Crippen molar-refractivity contribution in [1.29, 1.82) is 0 Å². The van der Waals surface area contributed by atoms with Crippen molar-refractivity contribution in [2.75, 3.05) is 12.5 Å². The lowest BCUT2D eigenvalue weighted by Crippen LogP contribution is -2.08. The molecule has 1 aromatic carbocycles. The van der Waals surface area contributed by atoms with E-state index in [1.54, 1.807) is 0 Å². The lowest BCUT2D eigenvalue weighted by molar-refractivity contribution is -0.386. The Hall–Kier alpha value is -1.50. The van der Waals surface area contributed by atoms with Crippen LogP contribution in [0.3, 0.4) is 0 Å². The molecule has 0 aliphatic carbocycles. The third kappa shape index (κ3) is 5.41. The lowest BCUT2D eigenvalue weighted by Gasteiger charge is -2.12. The van der Waals surface area contributed by atoms with Crippen molar-refractivity contribution in [2.45, 2.75) is 25.9 Å². The van der Waals surface area contributed by atoms with Gasteiger partial charge in [-0.25, -0.2) is 0 Å². The van der Waals surface area contributed by atoms with Crippen LogP contribution in [-0.2, 0) is 6.18 Å². The zero-order valence-corrected chi connectivity index (χ0v) is 12.1. The monoisotopic (exact) mass is 325 g/mol. The van der Waals surface area contributed by atoms with Crippen LogP contribution in [0.2, 0.25) is 0 Å². The van der Waals surface area contributed by atoms with Crippen LogP contribution in [-0.4, -0.2) is 17.4 Å². The number of alkyl halides is 4. The molecule has 0 saturated carbocycles. The number of hydrogen-bond donors (Lipinski definition) is 0. The van der Waals surface area contributed by atoms with E-state index in [1.807, 2.05) is 6.92 Å². The Balaban J connectivity index is 2.80. The van der Waals surface area contributed by atoms with Crippen LogP contribution < -0.4 is 4.74 Å². The van der Waals surface area contributed by atoms with E-state index < -0.39 is 22.4 Å². The average Bonchev–Trinajstić information content (AvgIpc) is 2.37. The molecule has 0 fully saturated rings. The highest BCUT2D eigenvalue weighted by molar-refractivity contribution is 6.17. The molecule has 0 aliphatic rings. The van der Waals surface area contributed by atoms with Crippen LogP contribution in [0.15, 0.2) is 18.2 Å². The molecule has 8 heteroatoms. The van der Waals surface area contributed by atoms with Crippen LogP contribution in [0.25, 0.3) is 0 Å². The predicted molar refractivity (Wildman–Crippen MR) is 72.7 cm³/mol. The minimum atomic E-state index is -4.63. The second kappa shape index (κ2) is 7.49. The predicted octanol–water partition coefficient (Wildman–Crippen LogP) is 4.65. The third-order valence-corrected chi connectivity index (χ3v) is 3.17. The number of nitro groups is 1. The molecule has 0 spiro atoms. The molecule has 1 aromatic rings. The lowest BCUT2D eigenvalue weighted by atomic mass is 10.1. The number of hydrogen-bond acceptors (Lipinski definition) is 3. The van der Waals surface area contributed by atoms with Crippen molar-refractivity contribution in [2.24, 2.45) is 5.92 Å². The number of rotatable bonds is 7. The molecule has 1 rings (SSSR count). The Labute approximate surface area is 125 Å². The van der Waals surface area contributed by atoms with Gasteiger partial charge in [0.1, 0.15) is 0 Å². The normalized spacial score (nSPS) is 13.0. The first-order valence-corrected chi connectivity index (χ1v) is 6.83. The Morgan fingerprint density at radius 3 is 2.57 bits per heavy atom. The van der Waals surface area contributed by atoms with Gasteiger partial charge in [0.25, 0.3) is 0 Å². The quantitative estimate of drug-likeness (QED) is 0.416. The maximum atomic E-state index is 12.5. The summed E-state index contributed by atoms with van der Waals surface area (Å²) in [7, 11) is 0. The van der Waals surface area contributed by atoms with Gasteiger partial charge >= 0.3 is 11.9 Å². The summed E-state index contributed by atoms with van der Waals surface area (Å²) in [6, 6.07) is 2.23. The van der Waals surface area contributed by atoms with Gasteiger partial charge in [-0.15, -0.1) is 11.6 Å². The van der Waals surface area contributed by atoms with Crippen molar-refractivity contribution in [3.63, 3.8) is 0 Å². The Morgan fingerprint density at radius 2 is 2.05 bits per heavy atom. The molecule has 0 aromatic heterocycles. The molecule has 0 saturated heterocycles. The molecule has 0 amide bonds. The highest BCUT2D eigenvalue weighted by atomic mass is 35.5. The van der Waals surface area contributed by atoms with Gasteiger partial charge in [0.15, 0.2) is 5.75 Å². The molecule has 0 radical (unpaired) electrons. The molecule has 0 aliphatic heterocycles. The summed E-state index contributed by atoms with van der Waals surface area (Å²) in [5.41, 5.74) is -1.76.